The third-order valence-electron chi connectivity index (χ3n) is 9.05. The topological polar surface area (TPSA) is 31.0 Å². The second-order valence-electron chi connectivity index (χ2n) is 11.5. The van der Waals surface area contributed by atoms with Crippen molar-refractivity contribution in [1.82, 2.24) is 9.55 Å². The Balaban J connectivity index is 1.14. The molecule has 3 nitrogen and oxygen atoms in total. The van der Waals surface area contributed by atoms with Crippen molar-refractivity contribution in [1.29, 1.82) is 0 Å². The van der Waals surface area contributed by atoms with E-state index < -0.39 is 0 Å². The molecular weight excluding hydrogens is 545 g/mol. The molecule has 43 heavy (non-hydrogen) atoms. The first-order chi connectivity index (χ1) is 21.3. The molecule has 202 valence electrons. The van der Waals surface area contributed by atoms with Crippen molar-refractivity contribution in [3.05, 3.63) is 133 Å². The van der Waals surface area contributed by atoms with E-state index in [1.807, 2.05) is 6.07 Å². The van der Waals surface area contributed by atoms with Crippen LogP contribution in [0.1, 0.15) is 11.5 Å². The fraction of sp³-hybridized carbons (Fsp3) is 0.0513. The molecule has 6 aromatic carbocycles. The molecule has 1 aliphatic rings. The average molecular weight is 569 g/mol. The average Bonchev–Trinajstić information content (AvgIpc) is 3.74. The van der Waals surface area contributed by atoms with E-state index in [0.717, 1.165) is 40.4 Å². The number of aromatic nitrogens is 2. The lowest BCUT2D eigenvalue weighted by molar-refractivity contribution is 0.545. The fourth-order valence-corrected chi connectivity index (χ4v) is 8.21. The predicted octanol–water partition coefficient (Wildman–Crippen LogP) is 10.7. The van der Waals surface area contributed by atoms with Crippen LogP contribution in [0.5, 0.6) is 0 Å². The van der Waals surface area contributed by atoms with Crippen LogP contribution in [-0.2, 0) is 12.8 Å². The number of benzene rings is 6. The summed E-state index contributed by atoms with van der Waals surface area (Å²) in [4.78, 5) is 6.39. The van der Waals surface area contributed by atoms with Gasteiger partial charge in [-0.2, -0.15) is 0 Å². The molecule has 0 amide bonds. The van der Waals surface area contributed by atoms with Gasteiger partial charge in [-0.1, -0.05) is 66.7 Å². The molecule has 3 heterocycles. The van der Waals surface area contributed by atoms with Crippen LogP contribution in [0.3, 0.4) is 0 Å². The summed E-state index contributed by atoms with van der Waals surface area (Å²) in [5, 5.41) is 9.83. The van der Waals surface area contributed by atoms with E-state index in [1.54, 1.807) is 11.3 Å². The molecule has 0 fully saturated rings. The summed E-state index contributed by atoms with van der Waals surface area (Å²) in [5.41, 5.74) is 8.13. The van der Waals surface area contributed by atoms with Gasteiger partial charge in [0.25, 0.3) is 0 Å². The maximum Gasteiger partial charge on any atom is 0.134 e. The molecule has 0 atom stereocenters. The number of rotatable bonds is 2. The summed E-state index contributed by atoms with van der Waals surface area (Å²) in [5.74, 6) is 1.09. The standard InChI is InChI=1S/C39H24N2OS/c1-3-9-26-21-33-30(19-24(26)7-1)31-20-25-8-2-4-10-27(25)22-34(31)41(33)28-15-13-23(14-16-28)39-40-32-17-18-36-37(38(32)43-39)29-11-5-6-12-35(29)42-36/h1-16,19-22H,17-18H2. The quantitative estimate of drug-likeness (QED) is 0.208. The Bertz CT molecular complexity index is 2470. The lowest BCUT2D eigenvalue weighted by Gasteiger charge is -2.10. The molecule has 0 saturated carbocycles. The highest BCUT2D eigenvalue weighted by Crippen LogP contribution is 2.46. The number of aryl methyl sites for hydroxylation is 2. The predicted molar refractivity (Wildman–Crippen MR) is 180 cm³/mol. The van der Waals surface area contributed by atoms with Gasteiger partial charge in [-0.25, -0.2) is 4.98 Å². The Hall–Kier alpha value is -5.19. The van der Waals surface area contributed by atoms with Crippen molar-refractivity contribution in [2.75, 3.05) is 0 Å². The number of fused-ring (bicyclic) bond motifs is 10. The minimum atomic E-state index is 0.899. The summed E-state index contributed by atoms with van der Waals surface area (Å²) in [7, 11) is 0. The van der Waals surface area contributed by atoms with E-state index in [2.05, 4.69) is 120 Å². The molecule has 10 rings (SSSR count). The fourth-order valence-electron chi connectivity index (χ4n) is 7.01. The lowest BCUT2D eigenvalue weighted by atomic mass is 9.98. The molecule has 1 aliphatic carbocycles. The summed E-state index contributed by atoms with van der Waals surface area (Å²) < 4.78 is 8.64. The largest absolute Gasteiger partial charge is 0.460 e. The maximum absolute atomic E-state index is 6.22. The molecule has 0 unspecified atom stereocenters. The zero-order chi connectivity index (χ0) is 28.1. The first-order valence-electron chi connectivity index (χ1n) is 14.8. The van der Waals surface area contributed by atoms with Crippen LogP contribution in [0, 0.1) is 0 Å². The van der Waals surface area contributed by atoms with Gasteiger partial charge in [0.15, 0.2) is 0 Å². The highest BCUT2D eigenvalue weighted by Gasteiger charge is 2.27. The van der Waals surface area contributed by atoms with Crippen LogP contribution in [-0.4, -0.2) is 9.55 Å². The van der Waals surface area contributed by atoms with Crippen LogP contribution in [0.4, 0.5) is 0 Å². The number of nitrogens with zero attached hydrogens (tertiary/aromatic N) is 2. The van der Waals surface area contributed by atoms with Crippen molar-refractivity contribution in [3.8, 4) is 26.7 Å². The van der Waals surface area contributed by atoms with Crippen molar-refractivity contribution >= 4 is 65.7 Å². The van der Waals surface area contributed by atoms with Crippen LogP contribution in [0.15, 0.2) is 126 Å². The first-order valence-corrected chi connectivity index (χ1v) is 15.6. The SMILES string of the molecule is c1ccc2cc3c(cc2c1)c1cc2ccccc2cc1n3-c1ccc(-c2nc3c(s2)-c2c(oc4ccccc24)CC3)cc1. The monoisotopic (exact) mass is 568 g/mol. The third-order valence-corrected chi connectivity index (χ3v) is 10.2. The molecule has 0 bridgehead atoms. The van der Waals surface area contributed by atoms with Gasteiger partial charge in [-0.05, 0) is 82.6 Å². The smallest absolute Gasteiger partial charge is 0.134 e. The van der Waals surface area contributed by atoms with Gasteiger partial charge in [-0.3, -0.25) is 0 Å². The molecule has 0 spiro atoms. The second kappa shape index (κ2) is 8.66. The van der Waals surface area contributed by atoms with E-state index in [1.165, 1.54) is 64.9 Å². The molecule has 0 N–H and O–H groups in total. The summed E-state index contributed by atoms with van der Waals surface area (Å²) in [6, 6.07) is 44.0. The van der Waals surface area contributed by atoms with Gasteiger partial charge in [0.1, 0.15) is 16.4 Å². The Kier molecular flexibility index (Phi) is 4.71. The van der Waals surface area contributed by atoms with E-state index >= 15 is 0 Å². The summed E-state index contributed by atoms with van der Waals surface area (Å²) in [6.07, 6.45) is 1.82. The number of furan rings is 1. The van der Waals surface area contributed by atoms with E-state index in [-0.39, 0.29) is 0 Å². The van der Waals surface area contributed by atoms with Crippen LogP contribution >= 0.6 is 11.3 Å². The van der Waals surface area contributed by atoms with Crippen molar-refractivity contribution in [3.63, 3.8) is 0 Å². The van der Waals surface area contributed by atoms with Gasteiger partial charge in [0, 0.05) is 39.4 Å². The molecule has 0 aliphatic heterocycles. The minimum Gasteiger partial charge on any atom is -0.460 e. The van der Waals surface area contributed by atoms with Crippen molar-refractivity contribution in [2.24, 2.45) is 0 Å². The zero-order valence-electron chi connectivity index (χ0n) is 23.2. The van der Waals surface area contributed by atoms with Gasteiger partial charge in [0.05, 0.1) is 21.6 Å². The molecule has 0 radical (unpaired) electrons. The number of para-hydroxylation sites is 1. The Labute approximate surface area is 251 Å². The maximum atomic E-state index is 6.22. The van der Waals surface area contributed by atoms with Gasteiger partial charge >= 0.3 is 0 Å². The molecular formula is C39H24N2OS. The second-order valence-corrected chi connectivity index (χ2v) is 12.5. The number of thiazole rings is 1. The van der Waals surface area contributed by atoms with E-state index in [9.17, 15) is 0 Å². The van der Waals surface area contributed by atoms with E-state index in [0.29, 0.717) is 0 Å². The van der Waals surface area contributed by atoms with E-state index in [4.69, 9.17) is 9.40 Å². The number of hydrogen-bond acceptors (Lipinski definition) is 3. The van der Waals surface area contributed by atoms with Gasteiger partial charge < -0.3 is 8.98 Å². The Morgan fingerprint density at radius 2 is 1.21 bits per heavy atom. The zero-order valence-corrected chi connectivity index (χ0v) is 24.0. The summed E-state index contributed by atoms with van der Waals surface area (Å²) in [6.45, 7) is 0. The highest BCUT2D eigenvalue weighted by molar-refractivity contribution is 7.18. The minimum absolute atomic E-state index is 0.899. The Morgan fingerprint density at radius 3 is 1.88 bits per heavy atom. The molecule has 9 aromatic rings. The Morgan fingerprint density at radius 1 is 0.605 bits per heavy atom. The summed E-state index contributed by atoms with van der Waals surface area (Å²) >= 11 is 1.78. The normalized spacial score (nSPS) is 12.9. The first kappa shape index (κ1) is 23.4. The van der Waals surface area contributed by atoms with Crippen molar-refractivity contribution in [2.45, 2.75) is 12.8 Å². The molecule has 4 heteroatoms. The third kappa shape index (κ3) is 3.38. The lowest BCUT2D eigenvalue weighted by Crippen LogP contribution is -1.99. The molecule has 0 saturated heterocycles. The van der Waals surface area contributed by atoms with Gasteiger partial charge in [0.2, 0.25) is 0 Å². The molecule has 3 aromatic heterocycles. The van der Waals surface area contributed by atoms with Crippen LogP contribution in [0.2, 0.25) is 0 Å². The van der Waals surface area contributed by atoms with Crippen LogP contribution in [0.25, 0.3) is 81.0 Å². The van der Waals surface area contributed by atoms with Gasteiger partial charge in [-0.15, -0.1) is 11.3 Å². The number of hydrogen-bond donors (Lipinski definition) is 0. The van der Waals surface area contributed by atoms with Crippen molar-refractivity contribution < 1.29 is 4.42 Å². The van der Waals surface area contributed by atoms with Crippen LogP contribution < -0.4 is 0 Å². The highest BCUT2D eigenvalue weighted by atomic mass is 32.1.